The van der Waals surface area contributed by atoms with Crippen molar-refractivity contribution < 1.29 is 14.4 Å². The molecule has 148 valence electrons. The van der Waals surface area contributed by atoms with Crippen molar-refractivity contribution in [1.82, 2.24) is 25.1 Å². The third kappa shape index (κ3) is 3.23. The molecule has 1 saturated heterocycles. The van der Waals surface area contributed by atoms with E-state index in [4.69, 9.17) is 0 Å². The molecule has 1 atom stereocenters. The van der Waals surface area contributed by atoms with E-state index < -0.39 is 11.6 Å². The van der Waals surface area contributed by atoms with Crippen LogP contribution in [0.25, 0.3) is 11.0 Å². The van der Waals surface area contributed by atoms with Crippen LogP contribution in [-0.4, -0.2) is 50.9 Å². The van der Waals surface area contributed by atoms with E-state index in [1.54, 1.807) is 6.92 Å². The Bertz CT molecular complexity index is 948. The molecular formula is C20H25N5O3. The summed E-state index contributed by atoms with van der Waals surface area (Å²) >= 11 is 0. The monoisotopic (exact) mass is 383 g/mol. The minimum Gasteiger partial charge on any atom is -0.354 e. The molecule has 1 unspecified atom stereocenters. The number of benzene rings is 1. The van der Waals surface area contributed by atoms with Crippen LogP contribution in [0.2, 0.25) is 0 Å². The number of carbonyl (C=O) groups is 3. The van der Waals surface area contributed by atoms with Gasteiger partial charge in [-0.15, -0.1) is 0 Å². The van der Waals surface area contributed by atoms with E-state index in [2.05, 4.69) is 20.2 Å². The number of carbonyl (C=O) groups excluding carboxylic acids is 3. The van der Waals surface area contributed by atoms with Gasteiger partial charge < -0.3 is 15.2 Å². The van der Waals surface area contributed by atoms with Crippen LogP contribution in [-0.2, 0) is 16.1 Å². The number of aryl methyl sites for hydroxylation is 2. The first-order valence-corrected chi connectivity index (χ1v) is 9.73. The van der Waals surface area contributed by atoms with E-state index in [0.29, 0.717) is 6.54 Å². The highest BCUT2D eigenvalue weighted by Crippen LogP contribution is 2.42. The average molecular weight is 383 g/mol. The Morgan fingerprint density at radius 1 is 1.32 bits per heavy atom. The van der Waals surface area contributed by atoms with Gasteiger partial charge in [0.1, 0.15) is 17.9 Å². The fourth-order valence-corrected chi connectivity index (χ4v) is 3.94. The zero-order chi connectivity index (χ0) is 19.9. The van der Waals surface area contributed by atoms with E-state index in [9.17, 15) is 14.4 Å². The van der Waals surface area contributed by atoms with E-state index in [1.165, 1.54) is 0 Å². The molecule has 2 N–H and O–H groups in total. The van der Waals surface area contributed by atoms with Gasteiger partial charge in [-0.3, -0.25) is 14.5 Å². The molecule has 4 rings (SSSR count). The standard InChI is InChI=1S/C20H25N5O3/c1-13-22-15-6-3-4-7-16(15)24(13)11-5-10-21-17(26)12-25-18(27)20(2,14-8-9-14)23-19(25)28/h3-4,6-7,14H,5,8-12H2,1-2H3,(H,21,26)(H,23,28). The Kier molecular flexibility index (Phi) is 4.56. The second kappa shape index (κ2) is 6.92. The number of hydrogen-bond acceptors (Lipinski definition) is 4. The Morgan fingerprint density at radius 3 is 2.82 bits per heavy atom. The van der Waals surface area contributed by atoms with Crippen molar-refractivity contribution in [3.63, 3.8) is 0 Å². The van der Waals surface area contributed by atoms with Crippen molar-refractivity contribution >= 4 is 28.9 Å². The van der Waals surface area contributed by atoms with Crippen LogP contribution < -0.4 is 10.6 Å². The summed E-state index contributed by atoms with van der Waals surface area (Å²) in [5, 5.41) is 5.56. The largest absolute Gasteiger partial charge is 0.354 e. The predicted octanol–water partition coefficient (Wildman–Crippen LogP) is 1.57. The maximum absolute atomic E-state index is 12.6. The first kappa shape index (κ1) is 18.5. The van der Waals surface area contributed by atoms with Gasteiger partial charge in [-0.25, -0.2) is 9.78 Å². The van der Waals surface area contributed by atoms with Crippen LogP contribution in [0.4, 0.5) is 4.79 Å². The van der Waals surface area contributed by atoms with Gasteiger partial charge in [0.05, 0.1) is 11.0 Å². The number of urea groups is 1. The summed E-state index contributed by atoms with van der Waals surface area (Å²) in [5.41, 5.74) is 1.18. The Hall–Kier alpha value is -2.90. The fraction of sp³-hybridized carbons (Fsp3) is 0.500. The van der Waals surface area contributed by atoms with Crippen molar-refractivity contribution in [1.29, 1.82) is 0 Å². The first-order valence-electron chi connectivity index (χ1n) is 9.73. The molecule has 2 aromatic rings. The van der Waals surface area contributed by atoms with Gasteiger partial charge in [-0.05, 0) is 51.2 Å². The zero-order valence-corrected chi connectivity index (χ0v) is 16.2. The van der Waals surface area contributed by atoms with Gasteiger partial charge in [0.2, 0.25) is 5.91 Å². The topological polar surface area (TPSA) is 96.3 Å². The summed E-state index contributed by atoms with van der Waals surface area (Å²) in [6.07, 6.45) is 2.60. The normalized spacial score (nSPS) is 22.0. The number of amides is 4. The Labute approximate surface area is 163 Å². The van der Waals surface area contributed by atoms with Crippen LogP contribution in [0.5, 0.6) is 0 Å². The molecule has 1 aliphatic heterocycles. The maximum atomic E-state index is 12.6. The number of rotatable bonds is 7. The molecule has 2 fully saturated rings. The third-order valence-electron chi connectivity index (χ3n) is 5.72. The Balaban J connectivity index is 1.27. The summed E-state index contributed by atoms with van der Waals surface area (Å²) in [6.45, 7) is 4.68. The number of imidazole rings is 1. The highest BCUT2D eigenvalue weighted by molar-refractivity contribution is 6.09. The van der Waals surface area contributed by atoms with Crippen LogP contribution in [0, 0.1) is 12.8 Å². The molecule has 0 spiro atoms. The lowest BCUT2D eigenvalue weighted by atomic mass is 9.96. The fourth-order valence-electron chi connectivity index (χ4n) is 3.94. The molecule has 4 amide bonds. The SMILES string of the molecule is Cc1nc2ccccc2n1CCCNC(=O)CN1C(=O)NC(C)(C2CC2)C1=O. The molecule has 1 saturated carbocycles. The summed E-state index contributed by atoms with van der Waals surface area (Å²) in [7, 11) is 0. The molecule has 1 aromatic heterocycles. The highest BCUT2D eigenvalue weighted by atomic mass is 16.2. The number of para-hydroxylation sites is 2. The number of hydrogen-bond donors (Lipinski definition) is 2. The van der Waals surface area contributed by atoms with Crippen molar-refractivity contribution in [3.05, 3.63) is 30.1 Å². The van der Waals surface area contributed by atoms with Gasteiger partial charge in [0.25, 0.3) is 5.91 Å². The summed E-state index contributed by atoms with van der Waals surface area (Å²) in [5.74, 6) is 0.503. The molecule has 1 aliphatic carbocycles. The van der Waals surface area contributed by atoms with Gasteiger partial charge >= 0.3 is 6.03 Å². The number of nitrogens with zero attached hydrogens (tertiary/aromatic N) is 3. The molecule has 0 radical (unpaired) electrons. The van der Waals surface area contributed by atoms with Crippen LogP contribution in [0.15, 0.2) is 24.3 Å². The van der Waals surface area contributed by atoms with Gasteiger partial charge in [-0.1, -0.05) is 12.1 Å². The third-order valence-corrected chi connectivity index (χ3v) is 5.72. The van der Waals surface area contributed by atoms with Crippen molar-refractivity contribution in [3.8, 4) is 0 Å². The summed E-state index contributed by atoms with van der Waals surface area (Å²) < 4.78 is 2.13. The lowest BCUT2D eigenvalue weighted by Crippen LogP contribution is -2.47. The van der Waals surface area contributed by atoms with Crippen molar-refractivity contribution in [2.24, 2.45) is 5.92 Å². The number of nitrogens with one attached hydrogen (secondary N) is 2. The smallest absolute Gasteiger partial charge is 0.325 e. The molecule has 8 nitrogen and oxygen atoms in total. The second-order valence-corrected chi connectivity index (χ2v) is 7.80. The predicted molar refractivity (Wildman–Crippen MR) is 103 cm³/mol. The Morgan fingerprint density at radius 2 is 2.07 bits per heavy atom. The molecule has 0 bridgehead atoms. The molecular weight excluding hydrogens is 358 g/mol. The lowest BCUT2D eigenvalue weighted by Gasteiger charge is -2.20. The van der Waals surface area contributed by atoms with Crippen molar-refractivity contribution in [2.45, 2.75) is 45.2 Å². The van der Waals surface area contributed by atoms with Crippen LogP contribution >= 0.6 is 0 Å². The quantitative estimate of drug-likeness (QED) is 0.560. The van der Waals surface area contributed by atoms with Crippen molar-refractivity contribution in [2.75, 3.05) is 13.1 Å². The second-order valence-electron chi connectivity index (χ2n) is 7.80. The minimum atomic E-state index is -0.850. The summed E-state index contributed by atoms with van der Waals surface area (Å²) in [6, 6.07) is 7.48. The highest BCUT2D eigenvalue weighted by Gasteiger charge is 2.56. The van der Waals surface area contributed by atoms with Gasteiger partial charge in [0, 0.05) is 13.1 Å². The molecule has 2 aliphatic rings. The summed E-state index contributed by atoms with van der Waals surface area (Å²) in [4.78, 5) is 42.5. The molecule has 1 aromatic carbocycles. The number of fused-ring (bicyclic) bond motifs is 1. The van der Waals surface area contributed by atoms with Crippen LogP contribution in [0.1, 0.15) is 32.0 Å². The van der Waals surface area contributed by atoms with E-state index in [0.717, 1.165) is 47.6 Å². The van der Waals surface area contributed by atoms with Crippen LogP contribution in [0.3, 0.4) is 0 Å². The molecule has 28 heavy (non-hydrogen) atoms. The number of imide groups is 1. The number of aromatic nitrogens is 2. The minimum absolute atomic E-state index is 0.185. The lowest BCUT2D eigenvalue weighted by molar-refractivity contribution is -0.135. The van der Waals surface area contributed by atoms with E-state index in [-0.39, 0.29) is 24.3 Å². The zero-order valence-electron chi connectivity index (χ0n) is 16.2. The first-order chi connectivity index (χ1) is 13.4. The van der Waals surface area contributed by atoms with E-state index in [1.807, 2.05) is 31.2 Å². The maximum Gasteiger partial charge on any atom is 0.325 e. The van der Waals surface area contributed by atoms with Gasteiger partial charge in [-0.2, -0.15) is 0 Å². The molecule has 2 heterocycles. The van der Waals surface area contributed by atoms with E-state index >= 15 is 0 Å². The average Bonchev–Trinajstić information content (AvgIpc) is 3.43. The molecule has 8 heteroatoms. The van der Waals surface area contributed by atoms with Gasteiger partial charge in [0.15, 0.2) is 0 Å².